The second-order valence-corrected chi connectivity index (χ2v) is 8.85. The molecule has 0 spiro atoms. The average molecular weight is 437 g/mol. The SMILES string of the molecule is COc1ccc(Br)cc1S(=O)(=O)NC1CCc2c(cnc3[nH]ncc23)C1. The van der Waals surface area contributed by atoms with Crippen molar-refractivity contribution in [1.82, 2.24) is 19.9 Å². The van der Waals surface area contributed by atoms with Crippen LogP contribution in [0.1, 0.15) is 17.5 Å². The Kier molecular flexibility index (Phi) is 4.45. The lowest BCUT2D eigenvalue weighted by Gasteiger charge is -2.25. The number of halogens is 1. The largest absolute Gasteiger partial charge is 0.495 e. The van der Waals surface area contributed by atoms with Gasteiger partial charge >= 0.3 is 0 Å². The van der Waals surface area contributed by atoms with E-state index in [-0.39, 0.29) is 10.9 Å². The molecule has 0 amide bonds. The third-order valence-corrected chi connectivity index (χ3v) is 6.66. The molecule has 0 saturated carbocycles. The van der Waals surface area contributed by atoms with Crippen molar-refractivity contribution < 1.29 is 13.2 Å². The molecule has 2 N–H and O–H groups in total. The number of nitrogens with zero attached hydrogens (tertiary/aromatic N) is 2. The molecule has 7 nitrogen and oxygen atoms in total. The van der Waals surface area contributed by atoms with Gasteiger partial charge in [0.05, 0.1) is 13.3 Å². The fraction of sp³-hybridized carbons (Fsp3) is 0.294. The molecule has 26 heavy (non-hydrogen) atoms. The highest BCUT2D eigenvalue weighted by molar-refractivity contribution is 9.10. The third kappa shape index (κ3) is 3.10. The lowest BCUT2D eigenvalue weighted by molar-refractivity contribution is 0.401. The van der Waals surface area contributed by atoms with Crippen molar-refractivity contribution in [2.75, 3.05) is 7.11 Å². The summed E-state index contributed by atoms with van der Waals surface area (Å²) in [6.07, 6.45) is 5.66. The summed E-state index contributed by atoms with van der Waals surface area (Å²) in [5.41, 5.74) is 3.01. The molecule has 0 bridgehead atoms. The molecular formula is C17H17BrN4O3S. The summed E-state index contributed by atoms with van der Waals surface area (Å²) in [5, 5.41) is 7.92. The number of sulfonamides is 1. The highest BCUT2D eigenvalue weighted by Gasteiger charge is 2.28. The summed E-state index contributed by atoms with van der Waals surface area (Å²) < 4.78 is 34.5. The highest BCUT2D eigenvalue weighted by atomic mass is 79.9. The van der Waals surface area contributed by atoms with Crippen LogP contribution < -0.4 is 9.46 Å². The molecule has 2 aromatic heterocycles. The monoisotopic (exact) mass is 436 g/mol. The minimum absolute atomic E-state index is 0.128. The Bertz CT molecular complexity index is 1080. The standard InChI is InChI=1S/C17H17BrN4O3S/c1-25-15-5-2-11(18)7-16(15)26(23,24)22-12-3-4-13-10(6-12)8-19-17-14(13)9-20-21-17/h2,5,7-9,12,22H,3-4,6H2,1H3,(H,19,20,21). The molecule has 0 radical (unpaired) electrons. The molecule has 0 fully saturated rings. The Morgan fingerprint density at radius 1 is 1.35 bits per heavy atom. The summed E-state index contributed by atoms with van der Waals surface area (Å²) in [4.78, 5) is 4.49. The number of rotatable bonds is 4. The van der Waals surface area contributed by atoms with Crippen LogP contribution in [0.2, 0.25) is 0 Å². The highest BCUT2D eigenvalue weighted by Crippen LogP contribution is 2.30. The number of methoxy groups -OCH3 is 1. The van der Waals surface area contributed by atoms with E-state index in [4.69, 9.17) is 4.74 Å². The second-order valence-electron chi connectivity index (χ2n) is 6.25. The maximum Gasteiger partial charge on any atom is 0.244 e. The average Bonchev–Trinajstić information content (AvgIpc) is 3.10. The molecular weight excluding hydrogens is 420 g/mol. The molecule has 1 atom stereocenters. The van der Waals surface area contributed by atoms with E-state index in [0.29, 0.717) is 23.1 Å². The Labute approximate surface area is 159 Å². The van der Waals surface area contributed by atoms with Crippen molar-refractivity contribution in [3.63, 3.8) is 0 Å². The molecule has 1 unspecified atom stereocenters. The number of fused-ring (bicyclic) bond motifs is 3. The molecule has 136 valence electrons. The van der Waals surface area contributed by atoms with Crippen LogP contribution in [0.3, 0.4) is 0 Å². The predicted octanol–water partition coefficient (Wildman–Crippen LogP) is 2.56. The number of aromatic nitrogens is 3. The molecule has 4 rings (SSSR count). The normalized spacial score (nSPS) is 17.2. The van der Waals surface area contributed by atoms with Gasteiger partial charge in [-0.2, -0.15) is 5.10 Å². The van der Waals surface area contributed by atoms with Gasteiger partial charge in [0.15, 0.2) is 5.65 Å². The van der Waals surface area contributed by atoms with Gasteiger partial charge in [0.25, 0.3) is 0 Å². The van der Waals surface area contributed by atoms with Crippen LogP contribution in [-0.4, -0.2) is 36.8 Å². The van der Waals surface area contributed by atoms with Gasteiger partial charge in [-0.25, -0.2) is 18.1 Å². The van der Waals surface area contributed by atoms with Crippen LogP contribution in [0.5, 0.6) is 5.75 Å². The van der Waals surface area contributed by atoms with Crippen molar-refractivity contribution in [1.29, 1.82) is 0 Å². The fourth-order valence-electron chi connectivity index (χ4n) is 3.39. The van der Waals surface area contributed by atoms with Crippen molar-refractivity contribution >= 4 is 37.0 Å². The number of pyridine rings is 1. The Morgan fingerprint density at radius 3 is 3.00 bits per heavy atom. The predicted molar refractivity (Wildman–Crippen MR) is 101 cm³/mol. The first kappa shape index (κ1) is 17.4. The van der Waals surface area contributed by atoms with E-state index in [1.165, 1.54) is 12.7 Å². The molecule has 9 heteroatoms. The van der Waals surface area contributed by atoms with Gasteiger partial charge < -0.3 is 4.74 Å². The topological polar surface area (TPSA) is 97.0 Å². The van der Waals surface area contributed by atoms with Crippen molar-refractivity contribution in [3.05, 3.63) is 46.2 Å². The number of hydrogen-bond acceptors (Lipinski definition) is 5. The maximum absolute atomic E-state index is 12.9. The molecule has 0 aliphatic heterocycles. The van der Waals surface area contributed by atoms with Crippen LogP contribution >= 0.6 is 15.9 Å². The van der Waals surface area contributed by atoms with Gasteiger partial charge in [-0.3, -0.25) is 5.10 Å². The summed E-state index contributed by atoms with van der Waals surface area (Å²) in [7, 11) is -2.24. The molecule has 0 saturated heterocycles. The molecule has 2 heterocycles. The lowest BCUT2D eigenvalue weighted by atomic mass is 9.88. The van der Waals surface area contributed by atoms with Crippen molar-refractivity contribution in [2.45, 2.75) is 30.2 Å². The molecule has 1 aromatic carbocycles. The van der Waals surface area contributed by atoms with Gasteiger partial charge in [0, 0.05) is 22.1 Å². The van der Waals surface area contributed by atoms with Gasteiger partial charge in [-0.15, -0.1) is 0 Å². The van der Waals surface area contributed by atoms with Crippen LogP contribution in [0.25, 0.3) is 11.0 Å². The van der Waals surface area contributed by atoms with E-state index in [0.717, 1.165) is 23.0 Å². The van der Waals surface area contributed by atoms with Gasteiger partial charge in [-0.05, 0) is 48.6 Å². The number of aryl methyl sites for hydroxylation is 1. The zero-order valence-electron chi connectivity index (χ0n) is 14.0. The van der Waals surface area contributed by atoms with Gasteiger partial charge in [-0.1, -0.05) is 15.9 Å². The summed E-state index contributed by atoms with van der Waals surface area (Å²) in [6, 6.07) is 4.74. The van der Waals surface area contributed by atoms with E-state index in [1.807, 2.05) is 0 Å². The van der Waals surface area contributed by atoms with E-state index < -0.39 is 10.0 Å². The van der Waals surface area contributed by atoms with E-state index in [9.17, 15) is 8.42 Å². The summed E-state index contributed by atoms with van der Waals surface area (Å²) in [5.74, 6) is 0.318. The van der Waals surface area contributed by atoms with E-state index >= 15 is 0 Å². The van der Waals surface area contributed by atoms with E-state index in [1.54, 1.807) is 30.6 Å². The van der Waals surface area contributed by atoms with Crippen molar-refractivity contribution in [2.24, 2.45) is 0 Å². The fourth-order valence-corrected chi connectivity index (χ4v) is 5.37. The van der Waals surface area contributed by atoms with E-state index in [2.05, 4.69) is 35.8 Å². The third-order valence-electron chi connectivity index (χ3n) is 4.63. The Hall–Kier alpha value is -1.97. The maximum atomic E-state index is 12.9. The van der Waals surface area contributed by atoms with Crippen LogP contribution in [0.15, 0.2) is 40.0 Å². The Balaban J connectivity index is 1.61. The number of benzene rings is 1. The second kappa shape index (κ2) is 6.64. The minimum atomic E-state index is -3.70. The summed E-state index contributed by atoms with van der Waals surface area (Å²) >= 11 is 3.32. The molecule has 3 aromatic rings. The number of ether oxygens (including phenoxy) is 1. The zero-order valence-corrected chi connectivity index (χ0v) is 16.4. The first-order valence-electron chi connectivity index (χ1n) is 8.13. The van der Waals surface area contributed by atoms with Crippen LogP contribution in [0, 0.1) is 0 Å². The number of nitrogens with one attached hydrogen (secondary N) is 2. The minimum Gasteiger partial charge on any atom is -0.495 e. The van der Waals surface area contributed by atoms with Crippen LogP contribution in [-0.2, 0) is 22.9 Å². The number of aromatic amines is 1. The number of H-pyrrole nitrogens is 1. The van der Waals surface area contributed by atoms with Crippen LogP contribution in [0.4, 0.5) is 0 Å². The lowest BCUT2D eigenvalue weighted by Crippen LogP contribution is -2.39. The quantitative estimate of drug-likeness (QED) is 0.654. The zero-order chi connectivity index (χ0) is 18.3. The number of hydrogen-bond donors (Lipinski definition) is 2. The molecule has 1 aliphatic rings. The first-order valence-corrected chi connectivity index (χ1v) is 10.4. The Morgan fingerprint density at radius 2 is 2.19 bits per heavy atom. The van der Waals surface area contributed by atoms with Crippen molar-refractivity contribution in [3.8, 4) is 5.75 Å². The summed E-state index contributed by atoms with van der Waals surface area (Å²) in [6.45, 7) is 0. The van der Waals surface area contributed by atoms with Gasteiger partial charge in [0.1, 0.15) is 10.6 Å². The smallest absolute Gasteiger partial charge is 0.244 e. The molecule has 1 aliphatic carbocycles. The first-order chi connectivity index (χ1) is 12.5. The van der Waals surface area contributed by atoms with Gasteiger partial charge in [0.2, 0.25) is 10.0 Å².